The van der Waals surface area contributed by atoms with E-state index in [2.05, 4.69) is 21.9 Å². The maximum Gasteiger partial charge on any atom is 0.313 e. The van der Waals surface area contributed by atoms with E-state index in [1.807, 2.05) is 42.5 Å². The highest BCUT2D eigenvalue weighted by Crippen LogP contribution is 2.30. The van der Waals surface area contributed by atoms with Crippen LogP contribution in [0.15, 0.2) is 59.7 Å². The topological polar surface area (TPSA) is 103 Å². The van der Waals surface area contributed by atoms with Crippen LogP contribution in [0, 0.1) is 0 Å². The number of rotatable bonds is 6. The number of aliphatic carboxylic acids is 1. The molecule has 3 aromatic rings. The number of carbonyl (C=O) groups is 1. The zero-order valence-corrected chi connectivity index (χ0v) is 16.4. The highest BCUT2D eigenvalue weighted by atomic mass is 32.2. The fraction of sp³-hybridized carbons (Fsp3) is 0.143. The van der Waals surface area contributed by atoms with Crippen LogP contribution in [0.1, 0.15) is 5.56 Å². The molecule has 4 rings (SSSR count). The number of phenolic OH excluding ortho intramolecular Hbond substituents is 1. The number of carboxylic acids is 1. The third-order valence-electron chi connectivity index (χ3n) is 4.57. The summed E-state index contributed by atoms with van der Waals surface area (Å²) in [4.78, 5) is 10.7. The van der Waals surface area contributed by atoms with Gasteiger partial charge in [0.05, 0.1) is 18.4 Å². The van der Waals surface area contributed by atoms with Gasteiger partial charge in [0.15, 0.2) is 11.3 Å². The van der Waals surface area contributed by atoms with Crippen LogP contribution in [0.25, 0.3) is 21.9 Å². The van der Waals surface area contributed by atoms with Gasteiger partial charge in [-0.05, 0) is 52.2 Å². The quantitative estimate of drug-likeness (QED) is 0.496. The average molecular weight is 409 g/mol. The second-order valence-corrected chi connectivity index (χ2v) is 7.57. The lowest BCUT2D eigenvalue weighted by Crippen LogP contribution is -2.33. The zero-order valence-electron chi connectivity index (χ0n) is 15.5. The minimum Gasteiger partial charge on any atom is -0.507 e. The molecule has 1 aliphatic rings. The van der Waals surface area contributed by atoms with Crippen molar-refractivity contribution >= 4 is 34.3 Å². The van der Waals surface area contributed by atoms with Crippen LogP contribution < -0.4 is 15.5 Å². The summed E-state index contributed by atoms with van der Waals surface area (Å²) in [5, 5.41) is 28.6. The highest BCUT2D eigenvalue weighted by molar-refractivity contribution is 8.00. The molecule has 0 saturated carbocycles. The maximum atomic E-state index is 10.7. The first kappa shape index (κ1) is 18.9. The second kappa shape index (κ2) is 7.92. The summed E-state index contributed by atoms with van der Waals surface area (Å²) < 4.78 is 5.27. The normalized spacial score (nSPS) is 15.5. The largest absolute Gasteiger partial charge is 0.507 e. The molecule has 4 N–H and O–H groups in total. The van der Waals surface area contributed by atoms with Crippen LogP contribution in [0.4, 0.5) is 0 Å². The number of fused-ring (bicyclic) bond motifs is 1. The molecular formula is C21H19N3O4S. The van der Waals surface area contributed by atoms with E-state index in [0.717, 1.165) is 27.6 Å². The molecule has 0 amide bonds. The Bertz CT molecular complexity index is 1120. The SMILES string of the molecule is COc1ccc2cc(-c3ccc(O)c(C4=NNC(SCC(=O)O)N4)c3)ccc2c1. The van der Waals surface area contributed by atoms with Crippen molar-refractivity contribution in [3.05, 3.63) is 60.2 Å². The average Bonchev–Trinajstić information content (AvgIpc) is 3.20. The van der Waals surface area contributed by atoms with Gasteiger partial charge in [-0.15, -0.1) is 11.8 Å². The van der Waals surface area contributed by atoms with Crippen molar-refractivity contribution in [1.29, 1.82) is 0 Å². The first-order valence-corrected chi connectivity index (χ1v) is 9.93. The standard InChI is InChI=1S/C21H19N3O4S/c1-28-16-6-4-13-8-12(2-3-14(13)9-16)15-5-7-18(25)17(10-15)20-22-21(24-23-20)29-11-19(26)27/h2-10,21,24-25H,11H2,1H3,(H,22,23)(H,26,27). The van der Waals surface area contributed by atoms with Crippen LogP contribution in [0.3, 0.4) is 0 Å². The Morgan fingerprint density at radius 2 is 1.83 bits per heavy atom. The Balaban J connectivity index is 1.60. The number of hydrogen-bond acceptors (Lipinski definition) is 7. The van der Waals surface area contributed by atoms with E-state index in [0.29, 0.717) is 11.4 Å². The molecule has 0 radical (unpaired) electrons. The Morgan fingerprint density at radius 3 is 2.62 bits per heavy atom. The molecule has 0 aromatic heterocycles. The molecule has 8 heteroatoms. The summed E-state index contributed by atoms with van der Waals surface area (Å²) in [6, 6.07) is 17.4. The molecule has 1 heterocycles. The van der Waals surface area contributed by atoms with Crippen LogP contribution >= 0.6 is 11.8 Å². The number of aromatic hydroxyl groups is 1. The van der Waals surface area contributed by atoms with Gasteiger partial charge in [-0.1, -0.05) is 24.3 Å². The predicted molar refractivity (Wildman–Crippen MR) is 114 cm³/mol. The number of nitrogens with one attached hydrogen (secondary N) is 2. The van der Waals surface area contributed by atoms with E-state index in [1.54, 1.807) is 13.2 Å². The molecule has 1 aliphatic heterocycles. The van der Waals surface area contributed by atoms with Crippen molar-refractivity contribution in [3.63, 3.8) is 0 Å². The summed E-state index contributed by atoms with van der Waals surface area (Å²) >= 11 is 1.17. The first-order valence-electron chi connectivity index (χ1n) is 8.88. The molecule has 0 saturated heterocycles. The lowest BCUT2D eigenvalue weighted by atomic mass is 9.99. The Kier molecular flexibility index (Phi) is 5.18. The number of hydrazone groups is 1. The third kappa shape index (κ3) is 4.07. The summed E-state index contributed by atoms with van der Waals surface area (Å²) in [6.07, 6.45) is 0. The summed E-state index contributed by atoms with van der Waals surface area (Å²) in [6.45, 7) is 0. The number of hydrogen-bond donors (Lipinski definition) is 4. The minimum absolute atomic E-state index is 0.0542. The van der Waals surface area contributed by atoms with Crippen molar-refractivity contribution in [3.8, 4) is 22.6 Å². The van der Waals surface area contributed by atoms with Gasteiger partial charge >= 0.3 is 5.97 Å². The molecule has 1 atom stereocenters. The van der Waals surface area contributed by atoms with E-state index in [9.17, 15) is 9.90 Å². The third-order valence-corrected chi connectivity index (χ3v) is 5.54. The minimum atomic E-state index is -0.897. The van der Waals surface area contributed by atoms with Crippen molar-refractivity contribution < 1.29 is 19.7 Å². The van der Waals surface area contributed by atoms with Gasteiger partial charge < -0.3 is 20.3 Å². The number of thioether (sulfide) groups is 1. The lowest BCUT2D eigenvalue weighted by Gasteiger charge is -2.12. The van der Waals surface area contributed by atoms with Crippen LogP contribution in [0.5, 0.6) is 11.5 Å². The Hall–Kier alpha value is -3.39. The molecule has 0 aliphatic carbocycles. The number of amidine groups is 1. The van der Waals surface area contributed by atoms with Gasteiger partial charge in [0.25, 0.3) is 0 Å². The second-order valence-electron chi connectivity index (χ2n) is 6.48. The summed E-state index contributed by atoms with van der Waals surface area (Å²) in [5.74, 6) is 0.423. The fourth-order valence-electron chi connectivity index (χ4n) is 3.12. The van der Waals surface area contributed by atoms with Gasteiger partial charge in [0.1, 0.15) is 11.5 Å². The van der Waals surface area contributed by atoms with Crippen molar-refractivity contribution in [2.75, 3.05) is 12.9 Å². The number of benzene rings is 3. The van der Waals surface area contributed by atoms with Gasteiger partial charge in [-0.25, -0.2) is 0 Å². The van der Waals surface area contributed by atoms with Crippen LogP contribution in [0.2, 0.25) is 0 Å². The number of carboxylic acid groups (broad SMARTS) is 1. The van der Waals surface area contributed by atoms with Gasteiger partial charge in [0, 0.05) is 0 Å². The van der Waals surface area contributed by atoms with Gasteiger partial charge in [0.2, 0.25) is 0 Å². The van der Waals surface area contributed by atoms with E-state index in [4.69, 9.17) is 9.84 Å². The molecule has 0 fully saturated rings. The molecular weight excluding hydrogens is 390 g/mol. The molecule has 29 heavy (non-hydrogen) atoms. The zero-order chi connectivity index (χ0) is 20.4. The summed E-state index contributed by atoms with van der Waals surface area (Å²) in [7, 11) is 1.65. The number of ether oxygens (including phenoxy) is 1. The molecule has 148 valence electrons. The lowest BCUT2D eigenvalue weighted by molar-refractivity contribution is -0.133. The number of methoxy groups -OCH3 is 1. The van der Waals surface area contributed by atoms with E-state index in [-0.39, 0.29) is 17.0 Å². The van der Waals surface area contributed by atoms with E-state index >= 15 is 0 Å². The summed E-state index contributed by atoms with van der Waals surface area (Å²) in [5.41, 5.74) is 4.96. The molecule has 7 nitrogen and oxygen atoms in total. The number of nitrogens with zero attached hydrogens (tertiary/aromatic N) is 1. The van der Waals surface area contributed by atoms with E-state index in [1.165, 1.54) is 11.8 Å². The van der Waals surface area contributed by atoms with E-state index < -0.39 is 5.97 Å². The molecule has 0 spiro atoms. The highest BCUT2D eigenvalue weighted by Gasteiger charge is 2.22. The predicted octanol–water partition coefficient (Wildman–Crippen LogP) is 3.18. The monoisotopic (exact) mass is 409 g/mol. The van der Waals surface area contributed by atoms with Crippen LogP contribution in [-0.2, 0) is 4.79 Å². The molecule has 1 unspecified atom stereocenters. The van der Waals surface area contributed by atoms with Crippen LogP contribution in [-0.4, -0.2) is 40.4 Å². The Labute approximate surface area is 171 Å². The van der Waals surface area contributed by atoms with Gasteiger partial charge in [-0.3, -0.25) is 10.2 Å². The van der Waals surface area contributed by atoms with Crippen molar-refractivity contribution in [1.82, 2.24) is 10.7 Å². The fourth-order valence-corrected chi connectivity index (χ4v) is 3.75. The first-order chi connectivity index (χ1) is 14.0. The van der Waals surface area contributed by atoms with Crippen molar-refractivity contribution in [2.24, 2.45) is 5.10 Å². The maximum absolute atomic E-state index is 10.7. The molecule has 0 bridgehead atoms. The van der Waals surface area contributed by atoms with Crippen molar-refractivity contribution in [2.45, 2.75) is 5.50 Å². The Morgan fingerprint density at radius 1 is 1.10 bits per heavy atom. The number of phenols is 1. The molecule has 3 aromatic carbocycles. The smallest absolute Gasteiger partial charge is 0.313 e. The van der Waals surface area contributed by atoms with Gasteiger partial charge in [-0.2, -0.15) is 5.10 Å².